The Balaban J connectivity index is 1.44. The number of nitrogens with zero attached hydrogens (tertiary/aromatic N) is 3. The molecule has 1 saturated heterocycles. The lowest BCUT2D eigenvalue weighted by Crippen LogP contribution is -2.54. The second-order valence-corrected chi connectivity index (χ2v) is 8.64. The molecule has 3 unspecified atom stereocenters. The molecule has 196 valence electrons. The summed E-state index contributed by atoms with van der Waals surface area (Å²) in [5.74, 6) is -10.3. The molecule has 37 heavy (non-hydrogen) atoms. The minimum Gasteiger partial charge on any atom is -0.619 e. The normalized spacial score (nSPS) is 19.7. The van der Waals surface area contributed by atoms with Gasteiger partial charge in [-0.3, -0.25) is 4.79 Å². The van der Waals surface area contributed by atoms with Gasteiger partial charge in [-0.25, -0.2) is 27.5 Å². The summed E-state index contributed by atoms with van der Waals surface area (Å²) in [6.45, 7) is 0.586. The number of ether oxygens (including phenoxy) is 1. The number of rotatable bonds is 7. The summed E-state index contributed by atoms with van der Waals surface area (Å²) < 4.78 is 64.0. The van der Waals surface area contributed by atoms with Crippen molar-refractivity contribution in [1.29, 1.82) is 0 Å². The summed E-state index contributed by atoms with van der Waals surface area (Å²) in [5, 5.41) is 26.0. The molecular formula is C24H23F4N5O4. The van der Waals surface area contributed by atoms with Crippen molar-refractivity contribution >= 4 is 11.7 Å². The van der Waals surface area contributed by atoms with Gasteiger partial charge in [-0.05, 0) is 11.6 Å². The number of piperidine rings is 1. The Labute approximate surface area is 208 Å². The molecule has 3 aromatic rings. The van der Waals surface area contributed by atoms with Crippen molar-refractivity contribution < 1.29 is 36.9 Å². The maximum absolute atomic E-state index is 15.4. The largest absolute Gasteiger partial charge is 0.619 e. The fourth-order valence-corrected chi connectivity index (χ4v) is 4.23. The Kier molecular flexibility index (Phi) is 7.55. The summed E-state index contributed by atoms with van der Waals surface area (Å²) in [7, 11) is 0. The number of hydrogen-bond acceptors (Lipinski definition) is 7. The number of benzene rings is 1. The molecule has 3 heterocycles. The first-order chi connectivity index (χ1) is 17.6. The number of alkyl halides is 2. The highest BCUT2D eigenvalue weighted by Crippen LogP contribution is 2.44. The minimum absolute atomic E-state index is 0.0136. The zero-order chi connectivity index (χ0) is 26.7. The zero-order valence-electron chi connectivity index (χ0n) is 19.5. The van der Waals surface area contributed by atoms with E-state index in [4.69, 9.17) is 4.74 Å². The van der Waals surface area contributed by atoms with Crippen LogP contribution in [0.3, 0.4) is 0 Å². The molecule has 1 fully saturated rings. The predicted molar refractivity (Wildman–Crippen MR) is 122 cm³/mol. The van der Waals surface area contributed by atoms with E-state index in [1.165, 1.54) is 19.1 Å². The zero-order valence-corrected chi connectivity index (χ0v) is 19.5. The van der Waals surface area contributed by atoms with E-state index in [9.17, 15) is 23.9 Å². The SMILES string of the molecule is CC(C(=O)Nc1cnc(Oc2c(F)cc(F)cc2CO)cn1)C1CNCC(c2cc[n+]([O-])cc2)C1(F)F. The molecule has 2 aromatic heterocycles. The van der Waals surface area contributed by atoms with Gasteiger partial charge in [0.25, 0.3) is 5.92 Å². The highest BCUT2D eigenvalue weighted by molar-refractivity contribution is 5.91. The van der Waals surface area contributed by atoms with Gasteiger partial charge >= 0.3 is 0 Å². The Bertz CT molecular complexity index is 1260. The third-order valence-corrected chi connectivity index (χ3v) is 6.26. The first kappa shape index (κ1) is 26.2. The van der Waals surface area contributed by atoms with Crippen LogP contribution in [0, 0.1) is 28.7 Å². The maximum Gasteiger partial charge on any atom is 0.260 e. The van der Waals surface area contributed by atoms with E-state index in [2.05, 4.69) is 20.6 Å². The van der Waals surface area contributed by atoms with Crippen molar-refractivity contribution in [3.8, 4) is 11.6 Å². The summed E-state index contributed by atoms with van der Waals surface area (Å²) in [6.07, 6.45) is 4.43. The lowest BCUT2D eigenvalue weighted by molar-refractivity contribution is -0.605. The molecule has 1 aliphatic rings. The number of aliphatic hydroxyl groups is 1. The molecule has 0 saturated carbocycles. The molecule has 1 amide bonds. The molecular weight excluding hydrogens is 498 g/mol. The molecule has 3 N–H and O–H groups in total. The Morgan fingerprint density at radius 3 is 2.65 bits per heavy atom. The van der Waals surface area contributed by atoms with E-state index in [0.717, 1.165) is 30.9 Å². The van der Waals surface area contributed by atoms with Crippen molar-refractivity contribution in [1.82, 2.24) is 15.3 Å². The van der Waals surface area contributed by atoms with Crippen LogP contribution in [0.1, 0.15) is 24.0 Å². The summed E-state index contributed by atoms with van der Waals surface area (Å²) in [4.78, 5) is 20.6. The predicted octanol–water partition coefficient (Wildman–Crippen LogP) is 2.89. The van der Waals surface area contributed by atoms with Gasteiger partial charge in [-0.15, -0.1) is 0 Å². The van der Waals surface area contributed by atoms with Crippen LogP contribution in [0.5, 0.6) is 11.6 Å². The van der Waals surface area contributed by atoms with Crippen molar-refractivity contribution in [3.63, 3.8) is 0 Å². The number of aliphatic hydroxyl groups excluding tert-OH is 1. The third kappa shape index (κ3) is 5.62. The second kappa shape index (κ2) is 10.6. The number of pyridine rings is 1. The highest BCUT2D eigenvalue weighted by atomic mass is 19.3. The van der Waals surface area contributed by atoms with E-state index in [1.54, 1.807) is 0 Å². The number of anilines is 1. The number of aromatic nitrogens is 3. The van der Waals surface area contributed by atoms with Gasteiger partial charge in [0.05, 0.1) is 24.9 Å². The minimum atomic E-state index is -3.25. The van der Waals surface area contributed by atoms with Gasteiger partial charge in [0, 0.05) is 48.7 Å². The van der Waals surface area contributed by atoms with Crippen LogP contribution in [0.15, 0.2) is 49.1 Å². The van der Waals surface area contributed by atoms with Gasteiger partial charge in [0.15, 0.2) is 29.8 Å². The van der Waals surface area contributed by atoms with Crippen LogP contribution in [-0.4, -0.2) is 40.0 Å². The smallest absolute Gasteiger partial charge is 0.260 e. The van der Waals surface area contributed by atoms with E-state index in [1.807, 2.05) is 0 Å². The van der Waals surface area contributed by atoms with Crippen LogP contribution in [0.25, 0.3) is 0 Å². The van der Waals surface area contributed by atoms with Crippen molar-refractivity contribution in [3.05, 3.63) is 77.0 Å². The van der Waals surface area contributed by atoms with Crippen LogP contribution in [0.4, 0.5) is 23.4 Å². The standard InChI is InChI=1S/C24H23F4N5O4/c1-13(17-8-29-9-18(24(17,27)28)14-2-4-33(36)5-3-14)23(35)32-20-10-31-21(11-30-20)37-22-15(12-34)6-16(25)7-19(22)26/h2-7,10-11,13,17-18,29,34H,8-9,12H2,1H3,(H,30,32,35). The number of carbonyl (C=O) groups is 1. The highest BCUT2D eigenvalue weighted by Gasteiger charge is 2.53. The number of nitrogens with one attached hydrogen (secondary N) is 2. The van der Waals surface area contributed by atoms with Crippen LogP contribution in [-0.2, 0) is 11.4 Å². The van der Waals surface area contributed by atoms with Crippen molar-refractivity contribution in [2.24, 2.45) is 11.8 Å². The van der Waals surface area contributed by atoms with Crippen molar-refractivity contribution in [2.45, 2.75) is 25.4 Å². The Morgan fingerprint density at radius 2 is 2.00 bits per heavy atom. The number of hydrogen-bond donors (Lipinski definition) is 3. The van der Waals surface area contributed by atoms with Gasteiger partial charge in [0.1, 0.15) is 5.82 Å². The van der Waals surface area contributed by atoms with Gasteiger partial charge in [-0.2, -0.15) is 4.73 Å². The first-order valence-corrected chi connectivity index (χ1v) is 11.3. The van der Waals surface area contributed by atoms with E-state index < -0.39 is 53.6 Å². The fourth-order valence-electron chi connectivity index (χ4n) is 4.23. The van der Waals surface area contributed by atoms with Gasteiger partial charge < -0.3 is 25.7 Å². The average molecular weight is 521 g/mol. The molecule has 3 atom stereocenters. The summed E-state index contributed by atoms with van der Waals surface area (Å²) >= 11 is 0. The number of amides is 1. The lowest BCUT2D eigenvalue weighted by atomic mass is 9.76. The monoisotopic (exact) mass is 521 g/mol. The van der Waals surface area contributed by atoms with Crippen LogP contribution < -0.4 is 20.1 Å². The molecule has 0 radical (unpaired) electrons. The molecule has 4 rings (SSSR count). The molecule has 0 bridgehead atoms. The molecule has 13 heteroatoms. The average Bonchev–Trinajstić information content (AvgIpc) is 2.86. The lowest BCUT2D eigenvalue weighted by Gasteiger charge is -2.40. The maximum atomic E-state index is 15.4. The summed E-state index contributed by atoms with van der Waals surface area (Å²) in [5.41, 5.74) is 0.138. The quantitative estimate of drug-likeness (QED) is 0.248. The molecule has 1 aliphatic heterocycles. The first-order valence-electron chi connectivity index (χ1n) is 11.3. The second-order valence-electron chi connectivity index (χ2n) is 8.64. The Hall–Kier alpha value is -3.84. The fraction of sp³-hybridized carbons (Fsp3) is 0.333. The van der Waals surface area contributed by atoms with Gasteiger partial charge in [0.2, 0.25) is 11.8 Å². The van der Waals surface area contributed by atoms with Crippen LogP contribution in [0.2, 0.25) is 0 Å². The van der Waals surface area contributed by atoms with Crippen molar-refractivity contribution in [2.75, 3.05) is 18.4 Å². The number of carbonyl (C=O) groups excluding carboxylic acids is 1. The van der Waals surface area contributed by atoms with E-state index in [0.29, 0.717) is 10.8 Å². The van der Waals surface area contributed by atoms with Crippen LogP contribution >= 0.6 is 0 Å². The third-order valence-electron chi connectivity index (χ3n) is 6.26. The topological polar surface area (TPSA) is 123 Å². The van der Waals surface area contributed by atoms with Gasteiger partial charge in [-0.1, -0.05) is 6.92 Å². The number of halogens is 4. The van der Waals surface area contributed by atoms with E-state index in [-0.39, 0.29) is 35.9 Å². The molecule has 0 aliphatic carbocycles. The van der Waals surface area contributed by atoms with E-state index >= 15 is 8.78 Å². The Morgan fingerprint density at radius 1 is 1.27 bits per heavy atom. The molecule has 1 aromatic carbocycles. The summed E-state index contributed by atoms with van der Waals surface area (Å²) in [6, 6.07) is 4.15. The molecule has 0 spiro atoms. The molecule has 9 nitrogen and oxygen atoms in total.